The second kappa shape index (κ2) is 12.1. The normalized spacial score (nSPS) is 13.8. The molecule has 0 unspecified atom stereocenters. The van der Waals surface area contributed by atoms with E-state index in [4.69, 9.17) is 26.7 Å². The molecule has 41 heavy (non-hydrogen) atoms. The minimum atomic E-state index is -0.577. The first-order valence-corrected chi connectivity index (χ1v) is 14.2. The Bertz CT molecular complexity index is 1710. The number of hydrogen-bond acceptors (Lipinski definition) is 8. The smallest absolute Gasteiger partial charge is 0.287 e. The van der Waals surface area contributed by atoms with Crippen LogP contribution in [0.5, 0.6) is 0 Å². The first-order valence-electron chi connectivity index (χ1n) is 13.0. The number of amides is 2. The molecule has 0 bridgehead atoms. The predicted molar refractivity (Wildman–Crippen MR) is 158 cm³/mol. The van der Waals surface area contributed by atoms with Gasteiger partial charge in [-0.1, -0.05) is 29.7 Å². The highest BCUT2D eigenvalue weighted by molar-refractivity contribution is 7.15. The zero-order chi connectivity index (χ0) is 29.1. The first-order chi connectivity index (χ1) is 19.8. The molecule has 2 amide bonds. The summed E-state index contributed by atoms with van der Waals surface area (Å²) < 4.78 is 7.40. The summed E-state index contributed by atoms with van der Waals surface area (Å²) in [5.41, 5.74) is 9.15. The van der Waals surface area contributed by atoms with Gasteiger partial charge in [-0.25, -0.2) is 0 Å². The number of hydrogen-bond donors (Lipinski definition) is 3. The molecular formula is C29H28ClN7O3S. The molecule has 1 atom stereocenters. The van der Waals surface area contributed by atoms with Gasteiger partial charge in [0.2, 0.25) is 5.91 Å². The van der Waals surface area contributed by atoms with Crippen LogP contribution < -0.4 is 16.4 Å². The first kappa shape index (κ1) is 28.3. The molecule has 1 aliphatic rings. The molecule has 0 saturated carbocycles. The van der Waals surface area contributed by atoms with Gasteiger partial charge in [-0.05, 0) is 56.5 Å². The molecule has 0 spiro atoms. The van der Waals surface area contributed by atoms with Crippen LogP contribution in [-0.4, -0.2) is 51.9 Å². The zero-order valence-corrected chi connectivity index (χ0v) is 24.3. The molecule has 0 saturated heterocycles. The summed E-state index contributed by atoms with van der Waals surface area (Å²) in [7, 11) is 0. The van der Waals surface area contributed by atoms with Gasteiger partial charge in [-0.2, -0.15) is 0 Å². The van der Waals surface area contributed by atoms with Crippen molar-refractivity contribution in [2.45, 2.75) is 33.2 Å². The maximum Gasteiger partial charge on any atom is 0.287 e. The van der Waals surface area contributed by atoms with E-state index in [2.05, 4.69) is 46.5 Å². The maximum absolute atomic E-state index is 13.1. The summed E-state index contributed by atoms with van der Waals surface area (Å²) in [6, 6.07) is 10.1. The van der Waals surface area contributed by atoms with Crippen molar-refractivity contribution in [3.63, 3.8) is 0 Å². The third-order valence-electron chi connectivity index (χ3n) is 6.61. The number of nitrogens with zero attached hydrogens (tertiary/aromatic N) is 4. The molecule has 0 radical (unpaired) electrons. The number of benzene rings is 1. The summed E-state index contributed by atoms with van der Waals surface area (Å²) >= 11 is 7.82. The Morgan fingerprint density at radius 3 is 2.61 bits per heavy atom. The van der Waals surface area contributed by atoms with E-state index in [1.807, 2.05) is 35.8 Å². The summed E-state index contributed by atoms with van der Waals surface area (Å²) in [6.45, 7) is 6.69. The number of aromatic nitrogens is 3. The summed E-state index contributed by atoms with van der Waals surface area (Å²) in [6.07, 6.45) is 0.0531. The van der Waals surface area contributed by atoms with E-state index in [1.165, 1.54) is 10.9 Å². The Hall–Kier alpha value is -4.24. The number of aryl methyl sites for hydroxylation is 2. The Balaban J connectivity index is 1.32. The van der Waals surface area contributed by atoms with E-state index in [9.17, 15) is 9.59 Å². The van der Waals surface area contributed by atoms with Crippen LogP contribution in [0.25, 0.3) is 5.00 Å². The monoisotopic (exact) mass is 589 g/mol. The van der Waals surface area contributed by atoms with Gasteiger partial charge in [0.05, 0.1) is 18.7 Å². The summed E-state index contributed by atoms with van der Waals surface area (Å²) in [5, 5.41) is 15.9. The van der Waals surface area contributed by atoms with Crippen LogP contribution in [0.15, 0.2) is 45.8 Å². The van der Waals surface area contributed by atoms with Crippen LogP contribution in [0.1, 0.15) is 62.0 Å². The van der Waals surface area contributed by atoms with Crippen molar-refractivity contribution in [2.75, 3.05) is 19.6 Å². The van der Waals surface area contributed by atoms with E-state index in [1.54, 1.807) is 17.4 Å². The molecule has 10 nitrogen and oxygen atoms in total. The molecular weight excluding hydrogens is 562 g/mol. The standard InChI is InChI=1S/C29H28ClN7O3S/c1-16-17(2)41-29-25(16)26(19-6-8-20(30)9-7-19)34-22(27-36-35-18(3)37(27)29)15-24(38)32-13-14-33-28(39)23-11-10-21(40-23)5-4-12-31/h6-11,22H,12-15,31H2,1-3H3,(H,32,38)(H,33,39)/t22-/m0/s1. The quantitative estimate of drug-likeness (QED) is 0.222. The molecule has 4 N–H and O–H groups in total. The van der Waals surface area contributed by atoms with Gasteiger partial charge >= 0.3 is 0 Å². The number of nitrogens with one attached hydrogen (secondary N) is 2. The zero-order valence-electron chi connectivity index (χ0n) is 22.7. The number of nitrogens with two attached hydrogens (primary N) is 1. The number of furan rings is 1. The second-order valence-corrected chi connectivity index (χ2v) is 11.0. The van der Waals surface area contributed by atoms with Crippen molar-refractivity contribution in [1.82, 2.24) is 25.4 Å². The van der Waals surface area contributed by atoms with Gasteiger partial charge in [-0.3, -0.25) is 19.1 Å². The third kappa shape index (κ3) is 5.95. The van der Waals surface area contributed by atoms with Gasteiger partial charge < -0.3 is 20.8 Å². The van der Waals surface area contributed by atoms with Crippen LogP contribution in [0.3, 0.4) is 0 Å². The van der Waals surface area contributed by atoms with Gasteiger partial charge in [0, 0.05) is 34.1 Å². The van der Waals surface area contributed by atoms with Crippen LogP contribution in [0.2, 0.25) is 5.02 Å². The Morgan fingerprint density at radius 1 is 1.10 bits per heavy atom. The van der Waals surface area contributed by atoms with Gasteiger partial charge in [0.15, 0.2) is 17.3 Å². The molecule has 210 valence electrons. The van der Waals surface area contributed by atoms with E-state index in [0.29, 0.717) is 16.6 Å². The second-order valence-electron chi connectivity index (χ2n) is 9.38. The number of aliphatic imine (C=N–C) groups is 1. The van der Waals surface area contributed by atoms with Crippen molar-refractivity contribution < 1.29 is 14.0 Å². The van der Waals surface area contributed by atoms with E-state index >= 15 is 0 Å². The summed E-state index contributed by atoms with van der Waals surface area (Å²) in [4.78, 5) is 31.7. The molecule has 4 aromatic rings. The number of carbonyl (C=O) groups excluding carboxylic acids is 2. The number of fused-ring (bicyclic) bond motifs is 3. The molecule has 4 heterocycles. The Labute approximate surface area is 246 Å². The van der Waals surface area contributed by atoms with Crippen molar-refractivity contribution >= 4 is 40.5 Å². The molecule has 1 aliphatic heterocycles. The fraction of sp³-hybridized carbons (Fsp3) is 0.276. The van der Waals surface area contributed by atoms with Crippen LogP contribution in [-0.2, 0) is 4.79 Å². The topological polar surface area (TPSA) is 140 Å². The van der Waals surface area contributed by atoms with E-state index in [0.717, 1.165) is 33.2 Å². The number of carbonyl (C=O) groups is 2. The van der Waals surface area contributed by atoms with Gasteiger partial charge in [0.1, 0.15) is 16.9 Å². The lowest BCUT2D eigenvalue weighted by molar-refractivity contribution is -0.121. The lowest BCUT2D eigenvalue weighted by atomic mass is 9.99. The number of rotatable bonds is 7. The SMILES string of the molecule is Cc1sc2c(c1C)C(c1ccc(Cl)cc1)=N[C@@H](CC(=O)NCCNC(=O)c1ccc(C#CCN)o1)c1nnc(C)n1-2. The maximum atomic E-state index is 13.1. The van der Waals surface area contributed by atoms with Crippen LogP contribution in [0, 0.1) is 32.6 Å². The predicted octanol–water partition coefficient (Wildman–Crippen LogP) is 3.64. The van der Waals surface area contributed by atoms with Crippen molar-refractivity contribution in [3.8, 4) is 16.8 Å². The highest BCUT2D eigenvalue weighted by atomic mass is 35.5. The van der Waals surface area contributed by atoms with Crippen molar-refractivity contribution in [2.24, 2.45) is 10.7 Å². The lowest BCUT2D eigenvalue weighted by Gasteiger charge is -2.13. The van der Waals surface area contributed by atoms with E-state index < -0.39 is 11.9 Å². The fourth-order valence-electron chi connectivity index (χ4n) is 4.51. The Kier molecular flexibility index (Phi) is 8.35. The Morgan fingerprint density at radius 2 is 1.85 bits per heavy atom. The molecule has 0 aliphatic carbocycles. The number of thiophene rings is 1. The van der Waals surface area contributed by atoms with Gasteiger partial charge in [-0.15, -0.1) is 21.5 Å². The van der Waals surface area contributed by atoms with Crippen LogP contribution in [0.4, 0.5) is 0 Å². The summed E-state index contributed by atoms with van der Waals surface area (Å²) in [5.74, 6) is 6.59. The third-order valence-corrected chi connectivity index (χ3v) is 8.06. The van der Waals surface area contributed by atoms with Gasteiger partial charge in [0.25, 0.3) is 5.91 Å². The molecule has 3 aromatic heterocycles. The van der Waals surface area contributed by atoms with E-state index in [-0.39, 0.29) is 37.7 Å². The lowest BCUT2D eigenvalue weighted by Crippen LogP contribution is -2.35. The number of halogens is 1. The molecule has 0 fully saturated rings. The minimum Gasteiger partial charge on any atom is -0.443 e. The highest BCUT2D eigenvalue weighted by Gasteiger charge is 2.32. The highest BCUT2D eigenvalue weighted by Crippen LogP contribution is 2.39. The van der Waals surface area contributed by atoms with Crippen LogP contribution >= 0.6 is 22.9 Å². The largest absolute Gasteiger partial charge is 0.443 e. The molecule has 12 heteroatoms. The minimum absolute atomic E-state index is 0.0531. The van der Waals surface area contributed by atoms with Crippen molar-refractivity contribution in [1.29, 1.82) is 0 Å². The molecule has 5 rings (SSSR count). The van der Waals surface area contributed by atoms with Crippen molar-refractivity contribution in [3.05, 3.63) is 86.2 Å². The average Bonchev–Trinajstić information content (AvgIpc) is 3.64. The average molecular weight is 590 g/mol. The fourth-order valence-corrected chi connectivity index (χ4v) is 5.85. The molecule has 1 aromatic carbocycles.